The highest BCUT2D eigenvalue weighted by Crippen LogP contribution is 2.31. The number of methoxy groups -OCH3 is 2. The van der Waals surface area contributed by atoms with Crippen molar-refractivity contribution < 1.29 is 14.2 Å². The molecule has 1 aromatic carbocycles. The van der Waals surface area contributed by atoms with E-state index in [-0.39, 0.29) is 0 Å². The Balaban J connectivity index is 1.77. The molecule has 0 N–H and O–H groups in total. The smallest absolute Gasteiger partial charge is 0.190 e. The van der Waals surface area contributed by atoms with Crippen molar-refractivity contribution in [2.75, 3.05) is 47.1 Å². The summed E-state index contributed by atoms with van der Waals surface area (Å²) in [5, 5.41) is 2.15. The molecule has 1 aromatic heterocycles. The van der Waals surface area contributed by atoms with Crippen LogP contribution in [0.15, 0.2) is 28.6 Å². The Morgan fingerprint density at radius 2 is 1.96 bits per heavy atom. The molecule has 0 unspecified atom stereocenters. The number of hydrogen-bond acceptors (Lipinski definition) is 6. The molecule has 3 rings (SSSR count). The summed E-state index contributed by atoms with van der Waals surface area (Å²) in [7, 11) is 3.32. The average Bonchev–Trinajstić information content (AvgIpc) is 3.02. The zero-order valence-electron chi connectivity index (χ0n) is 15.7. The largest absolute Gasteiger partial charge is 0.497 e. The summed E-state index contributed by atoms with van der Waals surface area (Å²) in [6.45, 7) is 7.94. The summed E-state index contributed by atoms with van der Waals surface area (Å²) < 4.78 is 18.5. The van der Waals surface area contributed by atoms with Crippen molar-refractivity contribution >= 4 is 17.0 Å². The number of rotatable bonds is 7. The molecular weight excluding hydrogens is 350 g/mol. The standard InChI is InChI=1S/C19H27N3O3S/c1-15-14-26-19(20-17-13-16(23-2)5-6-18(17)24-3)22(15)8-4-7-21-9-11-25-12-10-21/h5-6,13-14H,4,7-12H2,1-3H3. The van der Waals surface area contributed by atoms with Gasteiger partial charge in [-0.25, -0.2) is 4.99 Å². The van der Waals surface area contributed by atoms with Crippen molar-refractivity contribution in [1.82, 2.24) is 9.47 Å². The fourth-order valence-corrected chi connectivity index (χ4v) is 3.96. The lowest BCUT2D eigenvalue weighted by atomic mass is 10.3. The van der Waals surface area contributed by atoms with E-state index in [1.807, 2.05) is 18.2 Å². The summed E-state index contributed by atoms with van der Waals surface area (Å²) in [5.74, 6) is 1.52. The minimum Gasteiger partial charge on any atom is -0.497 e. The molecule has 0 bridgehead atoms. The highest BCUT2D eigenvalue weighted by atomic mass is 32.1. The quantitative estimate of drug-likeness (QED) is 0.744. The topological polar surface area (TPSA) is 48.2 Å². The second-order valence-corrected chi connectivity index (χ2v) is 7.10. The fraction of sp³-hybridized carbons (Fsp3) is 0.526. The first-order valence-electron chi connectivity index (χ1n) is 8.93. The van der Waals surface area contributed by atoms with Crippen LogP contribution in [0.1, 0.15) is 12.1 Å². The Morgan fingerprint density at radius 1 is 1.15 bits per heavy atom. The lowest BCUT2D eigenvalue weighted by Crippen LogP contribution is -2.37. The van der Waals surface area contributed by atoms with E-state index in [0.717, 1.165) is 67.8 Å². The highest BCUT2D eigenvalue weighted by Gasteiger charge is 2.11. The molecule has 1 aliphatic heterocycles. The molecule has 0 amide bonds. The molecule has 0 saturated carbocycles. The van der Waals surface area contributed by atoms with E-state index in [1.165, 1.54) is 5.69 Å². The van der Waals surface area contributed by atoms with Crippen LogP contribution < -0.4 is 14.3 Å². The van der Waals surface area contributed by atoms with Crippen molar-refractivity contribution in [2.24, 2.45) is 4.99 Å². The van der Waals surface area contributed by atoms with E-state index in [2.05, 4.69) is 21.8 Å². The molecule has 7 heteroatoms. The monoisotopic (exact) mass is 377 g/mol. The van der Waals surface area contributed by atoms with Gasteiger partial charge in [-0.3, -0.25) is 4.90 Å². The maximum absolute atomic E-state index is 5.45. The van der Waals surface area contributed by atoms with Gasteiger partial charge in [-0.05, 0) is 25.5 Å². The third-order valence-corrected chi connectivity index (χ3v) is 5.53. The van der Waals surface area contributed by atoms with Gasteiger partial charge in [-0.15, -0.1) is 11.3 Å². The lowest BCUT2D eigenvalue weighted by Gasteiger charge is -2.26. The van der Waals surface area contributed by atoms with Gasteiger partial charge in [0.05, 0.1) is 27.4 Å². The van der Waals surface area contributed by atoms with Crippen molar-refractivity contribution in [2.45, 2.75) is 19.9 Å². The Morgan fingerprint density at radius 3 is 2.69 bits per heavy atom. The number of thiazole rings is 1. The van der Waals surface area contributed by atoms with Gasteiger partial charge in [0.1, 0.15) is 17.2 Å². The number of hydrogen-bond donors (Lipinski definition) is 0. The van der Waals surface area contributed by atoms with Gasteiger partial charge in [0.2, 0.25) is 0 Å². The second kappa shape index (κ2) is 9.21. The van der Waals surface area contributed by atoms with E-state index in [1.54, 1.807) is 25.6 Å². The average molecular weight is 378 g/mol. The fourth-order valence-electron chi connectivity index (χ4n) is 3.04. The van der Waals surface area contributed by atoms with Gasteiger partial charge >= 0.3 is 0 Å². The molecule has 26 heavy (non-hydrogen) atoms. The molecule has 6 nitrogen and oxygen atoms in total. The predicted molar refractivity (Wildman–Crippen MR) is 104 cm³/mol. The van der Waals surface area contributed by atoms with Crippen molar-refractivity contribution in [3.8, 4) is 11.5 Å². The summed E-state index contributed by atoms with van der Waals surface area (Å²) in [6.07, 6.45) is 1.10. The third kappa shape index (κ3) is 4.66. The van der Waals surface area contributed by atoms with E-state index in [0.29, 0.717) is 0 Å². The number of morpholine rings is 1. The maximum atomic E-state index is 5.45. The highest BCUT2D eigenvalue weighted by molar-refractivity contribution is 7.07. The molecular formula is C19H27N3O3S. The minimum atomic E-state index is 0.747. The molecule has 1 saturated heterocycles. The molecule has 142 valence electrons. The Bertz CT molecular complexity index is 779. The molecule has 0 spiro atoms. The molecule has 0 aliphatic carbocycles. The van der Waals surface area contributed by atoms with Gasteiger partial charge in [-0.2, -0.15) is 0 Å². The number of aryl methyl sites for hydroxylation is 1. The summed E-state index contributed by atoms with van der Waals surface area (Å²) in [4.78, 5) is 8.30. The van der Waals surface area contributed by atoms with Crippen LogP contribution in [0, 0.1) is 6.92 Å². The third-order valence-electron chi connectivity index (χ3n) is 4.55. The first-order chi connectivity index (χ1) is 12.7. The zero-order valence-corrected chi connectivity index (χ0v) is 16.6. The molecule has 2 heterocycles. The molecule has 0 radical (unpaired) electrons. The van der Waals surface area contributed by atoms with Crippen LogP contribution in [0.25, 0.3) is 0 Å². The zero-order chi connectivity index (χ0) is 18.4. The van der Waals surface area contributed by atoms with E-state index in [9.17, 15) is 0 Å². The van der Waals surface area contributed by atoms with Gasteiger partial charge in [0.15, 0.2) is 4.80 Å². The van der Waals surface area contributed by atoms with Crippen LogP contribution in [-0.2, 0) is 11.3 Å². The minimum absolute atomic E-state index is 0.747. The molecule has 1 aliphatic rings. The van der Waals surface area contributed by atoms with Crippen LogP contribution >= 0.6 is 11.3 Å². The van der Waals surface area contributed by atoms with Crippen molar-refractivity contribution in [3.63, 3.8) is 0 Å². The number of ether oxygens (including phenoxy) is 3. The van der Waals surface area contributed by atoms with Gasteiger partial charge in [-0.1, -0.05) is 0 Å². The van der Waals surface area contributed by atoms with Crippen molar-refractivity contribution in [1.29, 1.82) is 0 Å². The van der Waals surface area contributed by atoms with Gasteiger partial charge in [0, 0.05) is 43.3 Å². The summed E-state index contributed by atoms with van der Waals surface area (Å²) >= 11 is 1.66. The Labute approximate surface area is 158 Å². The number of benzene rings is 1. The van der Waals surface area contributed by atoms with Crippen LogP contribution in [0.5, 0.6) is 11.5 Å². The van der Waals surface area contributed by atoms with Crippen LogP contribution in [0.4, 0.5) is 5.69 Å². The first-order valence-corrected chi connectivity index (χ1v) is 9.81. The van der Waals surface area contributed by atoms with Gasteiger partial charge < -0.3 is 18.8 Å². The molecule has 0 atom stereocenters. The Kier molecular flexibility index (Phi) is 6.71. The normalized spacial score (nSPS) is 16.0. The van der Waals surface area contributed by atoms with E-state index in [4.69, 9.17) is 19.2 Å². The number of aromatic nitrogens is 1. The maximum Gasteiger partial charge on any atom is 0.190 e. The summed E-state index contributed by atoms with van der Waals surface area (Å²) in [5.41, 5.74) is 2.02. The predicted octanol–water partition coefficient (Wildman–Crippen LogP) is 2.83. The molecule has 1 fully saturated rings. The van der Waals surface area contributed by atoms with Gasteiger partial charge in [0.25, 0.3) is 0 Å². The van der Waals surface area contributed by atoms with E-state index < -0.39 is 0 Å². The van der Waals surface area contributed by atoms with Crippen LogP contribution in [0.3, 0.4) is 0 Å². The number of nitrogens with zero attached hydrogens (tertiary/aromatic N) is 3. The van der Waals surface area contributed by atoms with Crippen molar-refractivity contribution in [3.05, 3.63) is 34.1 Å². The Hall–Kier alpha value is -1.83. The van der Waals surface area contributed by atoms with Crippen LogP contribution in [-0.4, -0.2) is 56.5 Å². The molecule has 2 aromatic rings. The van der Waals surface area contributed by atoms with Crippen LogP contribution in [0.2, 0.25) is 0 Å². The SMILES string of the molecule is COc1ccc(OC)c(N=c2scc(C)n2CCCN2CCOCC2)c1. The van der Waals surface area contributed by atoms with E-state index >= 15 is 0 Å². The lowest BCUT2D eigenvalue weighted by molar-refractivity contribution is 0.0369. The first kappa shape index (κ1) is 18.9. The second-order valence-electron chi connectivity index (χ2n) is 6.27. The summed E-state index contributed by atoms with van der Waals surface area (Å²) in [6, 6.07) is 5.68.